The Hall–Kier alpha value is -4.04. The molecule has 1 aliphatic rings. The maximum absolute atomic E-state index is 5.03. The number of benzene rings is 4. The molecule has 0 saturated carbocycles. The number of rotatable bonds is 1. The summed E-state index contributed by atoms with van der Waals surface area (Å²) in [6.45, 7) is 0. The molecule has 0 saturated heterocycles. The van der Waals surface area contributed by atoms with Crippen LogP contribution in [0.25, 0.3) is 66.1 Å². The normalized spacial score (nSPS) is 12.0. The summed E-state index contributed by atoms with van der Waals surface area (Å²) in [5, 5.41) is 4.88. The Kier molecular flexibility index (Phi) is 3.03. The Morgan fingerprint density at radius 1 is 0.500 bits per heavy atom. The molecule has 0 spiro atoms. The SMILES string of the molecule is c1cc2c3c(cccc3c1)-c1cc(-c3ccc4ccc5cccnc5c4n3)ccc1-2. The van der Waals surface area contributed by atoms with E-state index in [9.17, 15) is 0 Å². The largest absolute Gasteiger partial charge is 0.254 e. The third-order valence-corrected chi connectivity index (χ3v) is 6.23. The fraction of sp³-hybridized carbons (Fsp3) is 0. The van der Waals surface area contributed by atoms with Crippen molar-refractivity contribution in [3.05, 3.63) is 97.2 Å². The van der Waals surface area contributed by atoms with Crippen LogP contribution in [0.1, 0.15) is 0 Å². The molecule has 138 valence electrons. The first kappa shape index (κ1) is 15.8. The van der Waals surface area contributed by atoms with Crippen LogP contribution in [-0.2, 0) is 0 Å². The summed E-state index contributed by atoms with van der Waals surface area (Å²) in [5.41, 5.74) is 9.25. The zero-order valence-electron chi connectivity index (χ0n) is 16.1. The van der Waals surface area contributed by atoms with Gasteiger partial charge >= 0.3 is 0 Å². The number of pyridine rings is 2. The molecule has 0 unspecified atom stereocenters. The molecule has 0 bridgehead atoms. The van der Waals surface area contributed by atoms with Crippen molar-refractivity contribution in [3.63, 3.8) is 0 Å². The lowest BCUT2D eigenvalue weighted by Crippen LogP contribution is -1.89. The fourth-order valence-corrected chi connectivity index (χ4v) is 4.84. The Morgan fingerprint density at radius 3 is 2.10 bits per heavy atom. The molecule has 0 fully saturated rings. The lowest BCUT2D eigenvalue weighted by molar-refractivity contribution is 1.37. The second-order valence-electron chi connectivity index (χ2n) is 7.88. The average molecular weight is 380 g/mol. The summed E-state index contributed by atoms with van der Waals surface area (Å²) in [7, 11) is 0. The van der Waals surface area contributed by atoms with Crippen LogP contribution in [0.4, 0.5) is 0 Å². The summed E-state index contributed by atoms with van der Waals surface area (Å²) in [6, 6.07) is 32.4. The molecule has 0 amide bonds. The van der Waals surface area contributed by atoms with Gasteiger partial charge in [-0.3, -0.25) is 4.98 Å². The van der Waals surface area contributed by atoms with E-state index in [4.69, 9.17) is 4.98 Å². The Morgan fingerprint density at radius 2 is 1.23 bits per heavy atom. The predicted molar refractivity (Wildman–Crippen MR) is 124 cm³/mol. The molecule has 2 aromatic heterocycles. The van der Waals surface area contributed by atoms with E-state index < -0.39 is 0 Å². The van der Waals surface area contributed by atoms with Crippen LogP contribution in [0.5, 0.6) is 0 Å². The minimum Gasteiger partial charge on any atom is -0.254 e. The van der Waals surface area contributed by atoms with Crippen molar-refractivity contribution in [2.45, 2.75) is 0 Å². The van der Waals surface area contributed by atoms with Crippen molar-refractivity contribution in [2.24, 2.45) is 0 Å². The van der Waals surface area contributed by atoms with Gasteiger partial charge in [-0.2, -0.15) is 0 Å². The monoisotopic (exact) mass is 380 g/mol. The molecule has 7 rings (SSSR count). The molecule has 30 heavy (non-hydrogen) atoms. The van der Waals surface area contributed by atoms with Crippen molar-refractivity contribution >= 4 is 32.6 Å². The summed E-state index contributed by atoms with van der Waals surface area (Å²) in [5.74, 6) is 0. The molecule has 2 nitrogen and oxygen atoms in total. The summed E-state index contributed by atoms with van der Waals surface area (Å²) < 4.78 is 0. The lowest BCUT2D eigenvalue weighted by Gasteiger charge is -2.08. The average Bonchev–Trinajstić information content (AvgIpc) is 3.14. The van der Waals surface area contributed by atoms with Crippen LogP contribution in [0, 0.1) is 0 Å². The van der Waals surface area contributed by atoms with Crippen molar-refractivity contribution < 1.29 is 0 Å². The summed E-state index contributed by atoms with van der Waals surface area (Å²) in [6.07, 6.45) is 1.84. The zero-order chi connectivity index (χ0) is 19.7. The first-order valence-electron chi connectivity index (χ1n) is 10.2. The van der Waals surface area contributed by atoms with Gasteiger partial charge < -0.3 is 0 Å². The van der Waals surface area contributed by atoms with E-state index in [2.05, 4.69) is 89.9 Å². The van der Waals surface area contributed by atoms with Gasteiger partial charge in [-0.25, -0.2) is 4.98 Å². The second kappa shape index (κ2) is 5.74. The van der Waals surface area contributed by atoms with Crippen molar-refractivity contribution in [3.8, 4) is 33.5 Å². The number of nitrogens with zero attached hydrogens (tertiary/aromatic N) is 2. The first-order valence-corrected chi connectivity index (χ1v) is 10.2. The van der Waals surface area contributed by atoms with E-state index in [1.54, 1.807) is 0 Å². The Labute approximate surface area is 173 Å². The minimum absolute atomic E-state index is 0.954. The van der Waals surface area contributed by atoms with Gasteiger partial charge in [0.25, 0.3) is 0 Å². The molecule has 2 heterocycles. The Balaban J connectivity index is 1.47. The van der Waals surface area contributed by atoms with E-state index >= 15 is 0 Å². The quantitative estimate of drug-likeness (QED) is 0.280. The third kappa shape index (κ3) is 2.08. The standard InChI is InChI=1S/C28H16N2/c1-4-17-5-2-8-23-24-16-20(11-13-21(24)22(7-1)26(17)23)25-14-12-19-10-9-18-6-3-15-29-27(18)28(19)30-25/h1-16H. The van der Waals surface area contributed by atoms with Crippen LogP contribution < -0.4 is 0 Å². The summed E-state index contributed by atoms with van der Waals surface area (Å²) in [4.78, 5) is 9.63. The highest BCUT2D eigenvalue weighted by Gasteiger charge is 2.21. The van der Waals surface area contributed by atoms with E-state index in [0.717, 1.165) is 33.1 Å². The highest BCUT2D eigenvalue weighted by atomic mass is 14.7. The number of hydrogen-bond donors (Lipinski definition) is 0. The van der Waals surface area contributed by atoms with Gasteiger partial charge in [0.05, 0.1) is 16.7 Å². The fourth-order valence-electron chi connectivity index (χ4n) is 4.84. The van der Waals surface area contributed by atoms with Gasteiger partial charge in [0.1, 0.15) is 0 Å². The number of fused-ring (bicyclic) bond motifs is 6. The number of aromatic nitrogens is 2. The summed E-state index contributed by atoms with van der Waals surface area (Å²) >= 11 is 0. The van der Waals surface area contributed by atoms with Gasteiger partial charge in [-0.1, -0.05) is 72.8 Å². The van der Waals surface area contributed by atoms with Crippen LogP contribution in [0.3, 0.4) is 0 Å². The second-order valence-corrected chi connectivity index (χ2v) is 7.88. The molecule has 0 aliphatic heterocycles. The first-order chi connectivity index (χ1) is 14.9. The van der Waals surface area contributed by atoms with Gasteiger partial charge in [0, 0.05) is 22.5 Å². The van der Waals surface area contributed by atoms with Gasteiger partial charge in [-0.15, -0.1) is 0 Å². The van der Waals surface area contributed by atoms with Crippen LogP contribution in [-0.4, -0.2) is 9.97 Å². The van der Waals surface area contributed by atoms with Crippen LogP contribution in [0.15, 0.2) is 97.2 Å². The van der Waals surface area contributed by atoms with Crippen molar-refractivity contribution in [2.75, 3.05) is 0 Å². The topological polar surface area (TPSA) is 25.8 Å². The Bertz CT molecular complexity index is 1640. The minimum atomic E-state index is 0.954. The zero-order valence-corrected chi connectivity index (χ0v) is 16.1. The predicted octanol–water partition coefficient (Wildman–Crippen LogP) is 7.25. The maximum Gasteiger partial charge on any atom is 0.0972 e. The highest BCUT2D eigenvalue weighted by Crippen LogP contribution is 2.48. The molecule has 4 aromatic carbocycles. The van der Waals surface area contributed by atoms with Crippen molar-refractivity contribution in [1.29, 1.82) is 0 Å². The molecular formula is C28H16N2. The van der Waals surface area contributed by atoms with E-state index in [-0.39, 0.29) is 0 Å². The van der Waals surface area contributed by atoms with E-state index in [1.807, 2.05) is 12.3 Å². The van der Waals surface area contributed by atoms with Gasteiger partial charge in [0.2, 0.25) is 0 Å². The maximum atomic E-state index is 5.03. The van der Waals surface area contributed by atoms with Gasteiger partial charge in [-0.05, 0) is 51.2 Å². The van der Waals surface area contributed by atoms with Crippen LogP contribution >= 0.6 is 0 Å². The molecule has 0 N–H and O–H groups in total. The molecule has 0 atom stereocenters. The molecule has 0 radical (unpaired) electrons. The third-order valence-electron chi connectivity index (χ3n) is 6.23. The smallest absolute Gasteiger partial charge is 0.0972 e. The van der Waals surface area contributed by atoms with E-state index in [1.165, 1.54) is 33.0 Å². The molecule has 1 aliphatic carbocycles. The lowest BCUT2D eigenvalue weighted by atomic mass is 9.99. The molecular weight excluding hydrogens is 364 g/mol. The van der Waals surface area contributed by atoms with Gasteiger partial charge in [0.15, 0.2) is 0 Å². The van der Waals surface area contributed by atoms with Crippen LogP contribution in [0.2, 0.25) is 0 Å². The molecule has 6 aromatic rings. The molecule has 2 heteroatoms. The van der Waals surface area contributed by atoms with Crippen molar-refractivity contribution in [1.82, 2.24) is 9.97 Å². The number of hydrogen-bond acceptors (Lipinski definition) is 2. The van der Waals surface area contributed by atoms with E-state index in [0.29, 0.717) is 0 Å². The highest BCUT2D eigenvalue weighted by molar-refractivity contribution is 6.15.